The standard InChI is InChI=1S/C32H35N5O4/c1-22(2)37-21-24(20-29(37)38)31(40)33-25-14-12-23(13-15-25)30(39)34-28-11-7-6-10-27(28)32(41)36-18-16-35(17-19-36)26-8-4-3-5-9-26/h3-15,22,24H,16-21H2,1-2H3,(H,33,40)(H,34,39). The van der Waals surface area contributed by atoms with Crippen molar-refractivity contribution in [3.05, 3.63) is 90.0 Å². The highest BCUT2D eigenvalue weighted by molar-refractivity contribution is 6.09. The van der Waals surface area contributed by atoms with E-state index in [1.54, 1.807) is 53.4 Å². The summed E-state index contributed by atoms with van der Waals surface area (Å²) in [6, 6.07) is 23.8. The lowest BCUT2D eigenvalue weighted by molar-refractivity contribution is -0.129. The van der Waals surface area contributed by atoms with E-state index < -0.39 is 5.92 Å². The monoisotopic (exact) mass is 553 g/mol. The summed E-state index contributed by atoms with van der Waals surface area (Å²) in [5.41, 5.74) is 2.98. The first-order chi connectivity index (χ1) is 19.8. The van der Waals surface area contributed by atoms with Crippen LogP contribution in [0.1, 0.15) is 41.0 Å². The molecule has 9 nitrogen and oxygen atoms in total. The van der Waals surface area contributed by atoms with E-state index >= 15 is 0 Å². The van der Waals surface area contributed by atoms with Crippen molar-refractivity contribution in [3.63, 3.8) is 0 Å². The maximum Gasteiger partial charge on any atom is 0.256 e. The number of hydrogen-bond donors (Lipinski definition) is 2. The molecule has 0 radical (unpaired) electrons. The second-order valence-electron chi connectivity index (χ2n) is 10.7. The quantitative estimate of drug-likeness (QED) is 0.459. The van der Waals surface area contributed by atoms with Gasteiger partial charge in [0.05, 0.1) is 17.2 Å². The zero-order valence-electron chi connectivity index (χ0n) is 23.4. The van der Waals surface area contributed by atoms with Crippen LogP contribution in [0.5, 0.6) is 0 Å². The molecule has 2 aliphatic heterocycles. The van der Waals surface area contributed by atoms with Crippen LogP contribution in [-0.4, -0.2) is 72.2 Å². The van der Waals surface area contributed by atoms with Crippen LogP contribution in [0.3, 0.4) is 0 Å². The third-order valence-corrected chi connectivity index (χ3v) is 7.66. The fraction of sp³-hybridized carbons (Fsp3) is 0.312. The zero-order valence-corrected chi connectivity index (χ0v) is 23.4. The van der Waals surface area contributed by atoms with Gasteiger partial charge < -0.3 is 25.3 Å². The van der Waals surface area contributed by atoms with Crippen LogP contribution in [0.4, 0.5) is 17.1 Å². The highest BCUT2D eigenvalue weighted by Gasteiger charge is 2.35. The molecule has 3 aromatic carbocycles. The van der Waals surface area contributed by atoms with Crippen molar-refractivity contribution < 1.29 is 19.2 Å². The first-order valence-corrected chi connectivity index (χ1v) is 14.0. The van der Waals surface area contributed by atoms with Gasteiger partial charge in [-0.2, -0.15) is 0 Å². The normalized spacial score (nSPS) is 17.1. The largest absolute Gasteiger partial charge is 0.368 e. The van der Waals surface area contributed by atoms with Gasteiger partial charge in [0, 0.05) is 62.1 Å². The average Bonchev–Trinajstić information content (AvgIpc) is 3.40. The molecule has 2 heterocycles. The van der Waals surface area contributed by atoms with E-state index in [9.17, 15) is 19.2 Å². The van der Waals surface area contributed by atoms with Gasteiger partial charge in [0.15, 0.2) is 0 Å². The van der Waals surface area contributed by atoms with E-state index in [2.05, 4.69) is 27.7 Å². The van der Waals surface area contributed by atoms with Gasteiger partial charge in [-0.05, 0) is 62.4 Å². The number of nitrogens with zero attached hydrogens (tertiary/aromatic N) is 3. The predicted molar refractivity (Wildman–Crippen MR) is 159 cm³/mol. The number of nitrogens with one attached hydrogen (secondary N) is 2. The van der Waals surface area contributed by atoms with Gasteiger partial charge in [0.2, 0.25) is 11.8 Å². The number of anilines is 3. The Hall–Kier alpha value is -4.66. The number of hydrogen-bond acceptors (Lipinski definition) is 5. The minimum Gasteiger partial charge on any atom is -0.368 e. The fourth-order valence-corrected chi connectivity index (χ4v) is 5.31. The molecule has 0 saturated carbocycles. The molecule has 0 aliphatic carbocycles. The van der Waals surface area contributed by atoms with Crippen LogP contribution in [0.25, 0.3) is 0 Å². The summed E-state index contributed by atoms with van der Waals surface area (Å²) in [4.78, 5) is 57.1. The number of rotatable bonds is 7. The van der Waals surface area contributed by atoms with Gasteiger partial charge in [-0.25, -0.2) is 0 Å². The van der Waals surface area contributed by atoms with Crippen LogP contribution in [0.2, 0.25) is 0 Å². The molecule has 1 unspecified atom stereocenters. The molecular formula is C32H35N5O4. The van der Waals surface area contributed by atoms with E-state index in [0.29, 0.717) is 42.1 Å². The summed E-state index contributed by atoms with van der Waals surface area (Å²) in [6.07, 6.45) is 0.200. The Balaban J connectivity index is 1.18. The molecule has 5 rings (SSSR count). The highest BCUT2D eigenvalue weighted by atomic mass is 16.2. The number of para-hydroxylation sites is 2. The van der Waals surface area contributed by atoms with E-state index in [-0.39, 0.29) is 36.1 Å². The highest BCUT2D eigenvalue weighted by Crippen LogP contribution is 2.24. The van der Waals surface area contributed by atoms with Crippen LogP contribution in [-0.2, 0) is 9.59 Å². The topological polar surface area (TPSA) is 102 Å². The minimum absolute atomic E-state index is 0.0135. The second kappa shape index (κ2) is 12.2. The Bertz CT molecular complexity index is 1420. The first kappa shape index (κ1) is 27.9. The van der Waals surface area contributed by atoms with Crippen molar-refractivity contribution in [3.8, 4) is 0 Å². The SMILES string of the molecule is CC(C)N1CC(C(=O)Nc2ccc(C(=O)Nc3ccccc3C(=O)N3CCN(c4ccccc4)CC3)cc2)CC1=O. The smallest absolute Gasteiger partial charge is 0.256 e. The number of benzene rings is 3. The molecule has 1 atom stereocenters. The molecule has 0 spiro atoms. The lowest BCUT2D eigenvalue weighted by Crippen LogP contribution is -2.48. The summed E-state index contributed by atoms with van der Waals surface area (Å²) >= 11 is 0. The molecule has 0 bridgehead atoms. The average molecular weight is 554 g/mol. The predicted octanol–water partition coefficient (Wildman–Crippen LogP) is 4.10. The van der Waals surface area contributed by atoms with Crippen LogP contribution in [0.15, 0.2) is 78.9 Å². The molecular weight excluding hydrogens is 518 g/mol. The lowest BCUT2D eigenvalue weighted by Gasteiger charge is -2.36. The van der Waals surface area contributed by atoms with Gasteiger partial charge in [0.25, 0.3) is 11.8 Å². The Morgan fingerprint density at radius 2 is 1.46 bits per heavy atom. The van der Waals surface area contributed by atoms with E-state index in [0.717, 1.165) is 18.8 Å². The number of carbonyl (C=O) groups is 4. The van der Waals surface area contributed by atoms with Crippen molar-refractivity contribution in [2.75, 3.05) is 48.3 Å². The zero-order chi connectivity index (χ0) is 28.9. The summed E-state index contributed by atoms with van der Waals surface area (Å²) < 4.78 is 0. The fourth-order valence-electron chi connectivity index (χ4n) is 5.31. The molecule has 0 aromatic heterocycles. The van der Waals surface area contributed by atoms with Gasteiger partial charge in [0.1, 0.15) is 0 Å². The lowest BCUT2D eigenvalue weighted by atomic mass is 10.1. The van der Waals surface area contributed by atoms with Crippen molar-refractivity contribution in [1.29, 1.82) is 0 Å². The van der Waals surface area contributed by atoms with E-state index in [1.165, 1.54) is 0 Å². The maximum atomic E-state index is 13.4. The Kier molecular flexibility index (Phi) is 8.33. The number of piperazine rings is 1. The van der Waals surface area contributed by atoms with Gasteiger partial charge in [-0.3, -0.25) is 19.2 Å². The van der Waals surface area contributed by atoms with Crippen LogP contribution >= 0.6 is 0 Å². The van der Waals surface area contributed by atoms with E-state index in [1.807, 2.05) is 36.9 Å². The molecule has 2 N–H and O–H groups in total. The first-order valence-electron chi connectivity index (χ1n) is 14.0. The molecule has 3 aromatic rings. The molecule has 2 fully saturated rings. The summed E-state index contributed by atoms with van der Waals surface area (Å²) in [6.45, 7) is 6.93. The van der Waals surface area contributed by atoms with Crippen LogP contribution in [0, 0.1) is 5.92 Å². The Labute approximate surface area is 240 Å². The van der Waals surface area contributed by atoms with Gasteiger partial charge >= 0.3 is 0 Å². The summed E-state index contributed by atoms with van der Waals surface area (Å²) in [7, 11) is 0. The van der Waals surface area contributed by atoms with Crippen molar-refractivity contribution in [2.45, 2.75) is 26.3 Å². The molecule has 9 heteroatoms. The minimum atomic E-state index is -0.400. The Morgan fingerprint density at radius 1 is 0.805 bits per heavy atom. The third-order valence-electron chi connectivity index (χ3n) is 7.66. The van der Waals surface area contributed by atoms with Crippen molar-refractivity contribution >= 4 is 40.7 Å². The third kappa shape index (κ3) is 6.40. The van der Waals surface area contributed by atoms with Crippen molar-refractivity contribution in [1.82, 2.24) is 9.80 Å². The van der Waals surface area contributed by atoms with Gasteiger partial charge in [-0.15, -0.1) is 0 Å². The van der Waals surface area contributed by atoms with Gasteiger partial charge in [-0.1, -0.05) is 30.3 Å². The van der Waals surface area contributed by atoms with Crippen LogP contribution < -0.4 is 15.5 Å². The Morgan fingerprint density at radius 3 is 2.12 bits per heavy atom. The van der Waals surface area contributed by atoms with E-state index in [4.69, 9.17) is 0 Å². The number of carbonyl (C=O) groups excluding carboxylic acids is 4. The summed E-state index contributed by atoms with van der Waals surface area (Å²) in [5.74, 6) is -1.10. The number of likely N-dealkylation sites (tertiary alicyclic amines) is 1. The van der Waals surface area contributed by atoms with Crippen molar-refractivity contribution in [2.24, 2.45) is 5.92 Å². The molecule has 212 valence electrons. The molecule has 41 heavy (non-hydrogen) atoms. The summed E-state index contributed by atoms with van der Waals surface area (Å²) in [5, 5.41) is 5.73. The molecule has 2 aliphatic rings. The molecule has 2 saturated heterocycles. The second-order valence-corrected chi connectivity index (χ2v) is 10.7. The maximum absolute atomic E-state index is 13.4. The molecule has 4 amide bonds. The number of amides is 4.